The van der Waals surface area contributed by atoms with E-state index in [4.69, 9.17) is 16.3 Å². The molecule has 2 N–H and O–H groups in total. The van der Waals surface area contributed by atoms with E-state index < -0.39 is 6.10 Å². The fourth-order valence-electron chi connectivity index (χ4n) is 4.49. The Labute approximate surface area is 192 Å². The van der Waals surface area contributed by atoms with Crippen molar-refractivity contribution in [2.45, 2.75) is 25.4 Å². The summed E-state index contributed by atoms with van der Waals surface area (Å²) >= 11 is 6.33. The van der Waals surface area contributed by atoms with E-state index in [1.54, 1.807) is 12.1 Å². The van der Waals surface area contributed by atoms with Crippen molar-refractivity contribution in [3.8, 4) is 5.75 Å². The number of rotatable bonds is 5. The minimum absolute atomic E-state index is 0.0370. The van der Waals surface area contributed by atoms with Gasteiger partial charge in [0.25, 0.3) is 5.91 Å². The minimum Gasteiger partial charge on any atom is -0.476 e. The smallest absolute Gasteiger partial charge is 0.265 e. The average molecular weight is 462 g/mol. The van der Waals surface area contributed by atoms with Crippen molar-refractivity contribution < 1.29 is 19.0 Å². The van der Waals surface area contributed by atoms with Gasteiger partial charge in [-0.25, -0.2) is 4.39 Å². The normalized spacial score (nSPS) is 19.5. The Hall–Kier alpha value is -2.51. The van der Waals surface area contributed by atoms with Crippen molar-refractivity contribution in [2.75, 3.05) is 50.6 Å². The van der Waals surface area contributed by atoms with Gasteiger partial charge < -0.3 is 25.0 Å². The zero-order valence-electron chi connectivity index (χ0n) is 18.4. The molecule has 32 heavy (non-hydrogen) atoms. The average Bonchev–Trinajstić information content (AvgIpc) is 2.79. The van der Waals surface area contributed by atoms with Gasteiger partial charge in [-0.1, -0.05) is 23.7 Å². The lowest BCUT2D eigenvalue weighted by molar-refractivity contribution is -0.141. The number of benzene rings is 2. The number of carbonyl (C=O) groups excluding carboxylic acids is 1. The summed E-state index contributed by atoms with van der Waals surface area (Å²) in [4.78, 5) is 16.9. The number of aliphatic hydroxyl groups is 1. The minimum atomic E-state index is -0.614. The van der Waals surface area contributed by atoms with Crippen LogP contribution in [0.2, 0.25) is 5.02 Å². The Morgan fingerprint density at radius 2 is 1.97 bits per heavy atom. The van der Waals surface area contributed by atoms with Gasteiger partial charge in [-0.15, -0.1) is 0 Å². The Morgan fingerprint density at radius 1 is 1.28 bits per heavy atom. The van der Waals surface area contributed by atoms with Gasteiger partial charge in [0.2, 0.25) is 0 Å². The molecule has 2 aliphatic rings. The highest BCUT2D eigenvalue weighted by atomic mass is 35.5. The van der Waals surface area contributed by atoms with E-state index in [1.165, 1.54) is 12.1 Å². The number of piperidine rings is 1. The number of carbonyl (C=O) groups is 1. The molecule has 4 rings (SSSR count). The number of anilines is 2. The third-order valence-corrected chi connectivity index (χ3v) is 6.82. The molecule has 1 saturated heterocycles. The molecule has 0 spiro atoms. The first-order chi connectivity index (χ1) is 15.3. The van der Waals surface area contributed by atoms with Gasteiger partial charge in [0.1, 0.15) is 11.6 Å². The lowest BCUT2D eigenvalue weighted by Crippen LogP contribution is -2.52. The Kier molecular flexibility index (Phi) is 6.49. The first kappa shape index (κ1) is 22.7. The molecule has 2 aromatic rings. The second kappa shape index (κ2) is 9.16. The van der Waals surface area contributed by atoms with Crippen molar-refractivity contribution in [1.29, 1.82) is 0 Å². The lowest BCUT2D eigenvalue weighted by atomic mass is 9.74. The standard InChI is InChI=1S/C24H29ClFN3O3/c1-28(2)20-12-21-19(11-18(20)25)27-14-22(32-21)23(31)29-9-7-24(15-30,8-10-29)13-16-3-5-17(26)6-4-16/h3-6,11-12,22,27,30H,7-10,13-15H2,1-2H3. The molecule has 6 nitrogen and oxygen atoms in total. The van der Waals surface area contributed by atoms with Crippen LogP contribution in [0.25, 0.3) is 0 Å². The van der Waals surface area contributed by atoms with Crippen LogP contribution in [0, 0.1) is 11.2 Å². The molecule has 2 heterocycles. The fraction of sp³-hybridized carbons (Fsp3) is 0.458. The molecular weight excluding hydrogens is 433 g/mol. The molecule has 0 aliphatic carbocycles. The molecule has 2 aliphatic heterocycles. The third kappa shape index (κ3) is 4.64. The van der Waals surface area contributed by atoms with Gasteiger partial charge in [0.15, 0.2) is 6.10 Å². The van der Waals surface area contributed by atoms with E-state index in [0.29, 0.717) is 49.7 Å². The summed E-state index contributed by atoms with van der Waals surface area (Å²) in [5.74, 6) is 0.286. The Bertz CT molecular complexity index is 975. The fourth-order valence-corrected chi connectivity index (χ4v) is 4.82. The number of fused-ring (bicyclic) bond motifs is 1. The van der Waals surface area contributed by atoms with Crippen LogP contribution in [0.5, 0.6) is 5.75 Å². The molecule has 0 radical (unpaired) electrons. The van der Waals surface area contributed by atoms with E-state index >= 15 is 0 Å². The van der Waals surface area contributed by atoms with Crippen LogP contribution in [0.15, 0.2) is 36.4 Å². The number of aliphatic hydroxyl groups excluding tert-OH is 1. The summed E-state index contributed by atoms with van der Waals surface area (Å²) in [6, 6.07) is 10.1. The van der Waals surface area contributed by atoms with E-state index in [1.807, 2.05) is 36.0 Å². The summed E-state index contributed by atoms with van der Waals surface area (Å²) in [6.45, 7) is 1.52. The number of ether oxygens (including phenoxy) is 1. The first-order valence-corrected chi connectivity index (χ1v) is 11.2. The van der Waals surface area contributed by atoms with Gasteiger partial charge in [0, 0.05) is 45.3 Å². The number of likely N-dealkylation sites (tertiary alicyclic amines) is 1. The molecule has 0 bridgehead atoms. The molecular formula is C24H29ClFN3O3. The van der Waals surface area contributed by atoms with Gasteiger partial charge in [-0.05, 0) is 43.0 Å². The number of nitrogens with zero attached hydrogens (tertiary/aromatic N) is 2. The molecule has 1 unspecified atom stereocenters. The van der Waals surface area contributed by atoms with Crippen molar-refractivity contribution in [3.05, 3.63) is 52.8 Å². The molecule has 1 atom stereocenters. The maximum Gasteiger partial charge on any atom is 0.265 e. The number of hydrogen-bond donors (Lipinski definition) is 2. The summed E-state index contributed by atoms with van der Waals surface area (Å²) in [6.07, 6.45) is 1.42. The Morgan fingerprint density at radius 3 is 2.59 bits per heavy atom. The van der Waals surface area contributed by atoms with Crippen LogP contribution < -0.4 is 15.0 Å². The number of amides is 1. The molecule has 1 fully saturated rings. The topological polar surface area (TPSA) is 65.0 Å². The van der Waals surface area contributed by atoms with Crippen molar-refractivity contribution in [2.24, 2.45) is 5.41 Å². The highest BCUT2D eigenvalue weighted by Gasteiger charge is 2.38. The lowest BCUT2D eigenvalue weighted by Gasteiger charge is -2.42. The van der Waals surface area contributed by atoms with E-state index in [-0.39, 0.29) is 23.7 Å². The molecule has 0 saturated carbocycles. The number of halogens is 2. The van der Waals surface area contributed by atoms with Gasteiger partial charge in [0.05, 0.1) is 22.9 Å². The van der Waals surface area contributed by atoms with Crippen molar-refractivity contribution >= 4 is 28.9 Å². The van der Waals surface area contributed by atoms with Gasteiger partial charge in [-0.2, -0.15) is 0 Å². The third-order valence-electron chi connectivity index (χ3n) is 6.52. The van der Waals surface area contributed by atoms with Crippen LogP contribution in [0.4, 0.5) is 15.8 Å². The van der Waals surface area contributed by atoms with Crippen LogP contribution in [0.3, 0.4) is 0 Å². The number of hydrogen-bond acceptors (Lipinski definition) is 5. The van der Waals surface area contributed by atoms with Crippen molar-refractivity contribution in [3.63, 3.8) is 0 Å². The van der Waals surface area contributed by atoms with Crippen LogP contribution in [-0.4, -0.2) is 62.4 Å². The van der Waals surface area contributed by atoms with Crippen LogP contribution in [0.1, 0.15) is 18.4 Å². The predicted octanol–water partition coefficient (Wildman–Crippen LogP) is 3.56. The zero-order valence-corrected chi connectivity index (χ0v) is 19.2. The van der Waals surface area contributed by atoms with Gasteiger partial charge in [-0.3, -0.25) is 4.79 Å². The summed E-state index contributed by atoms with van der Waals surface area (Å²) in [7, 11) is 3.80. The first-order valence-electron chi connectivity index (χ1n) is 10.9. The van der Waals surface area contributed by atoms with Gasteiger partial charge >= 0.3 is 0 Å². The number of nitrogens with one attached hydrogen (secondary N) is 1. The van der Waals surface area contributed by atoms with E-state index in [2.05, 4.69) is 5.32 Å². The predicted molar refractivity (Wildman–Crippen MR) is 124 cm³/mol. The molecule has 0 aromatic heterocycles. The SMILES string of the molecule is CN(C)c1cc2c(cc1Cl)NCC(C(=O)N1CCC(CO)(Cc3ccc(F)cc3)CC1)O2. The summed E-state index contributed by atoms with van der Waals surface area (Å²) < 4.78 is 19.3. The Balaban J connectivity index is 1.40. The quantitative estimate of drug-likeness (QED) is 0.712. The maximum absolute atomic E-state index is 13.2. The van der Waals surface area contributed by atoms with Crippen LogP contribution >= 0.6 is 11.6 Å². The summed E-state index contributed by atoms with van der Waals surface area (Å²) in [5.41, 5.74) is 2.30. The summed E-state index contributed by atoms with van der Waals surface area (Å²) in [5, 5.41) is 14.0. The molecule has 2 aromatic carbocycles. The molecule has 8 heteroatoms. The molecule has 172 valence electrons. The highest BCUT2D eigenvalue weighted by Crippen LogP contribution is 2.39. The van der Waals surface area contributed by atoms with Crippen LogP contribution in [-0.2, 0) is 11.2 Å². The second-order valence-electron chi connectivity index (χ2n) is 8.97. The maximum atomic E-state index is 13.2. The molecule has 1 amide bonds. The van der Waals surface area contributed by atoms with E-state index in [0.717, 1.165) is 16.9 Å². The largest absolute Gasteiger partial charge is 0.476 e. The second-order valence-corrected chi connectivity index (χ2v) is 9.38. The monoisotopic (exact) mass is 461 g/mol. The highest BCUT2D eigenvalue weighted by molar-refractivity contribution is 6.33. The van der Waals surface area contributed by atoms with E-state index in [9.17, 15) is 14.3 Å². The zero-order chi connectivity index (χ0) is 22.9. The van der Waals surface area contributed by atoms with Crippen molar-refractivity contribution in [1.82, 2.24) is 4.90 Å².